The Bertz CT molecular complexity index is 390. The van der Waals surface area contributed by atoms with Crippen molar-refractivity contribution in [2.45, 2.75) is 13.8 Å². The molecule has 2 heterocycles. The van der Waals surface area contributed by atoms with Crippen molar-refractivity contribution in [3.8, 4) is 0 Å². The molecule has 0 spiro atoms. The van der Waals surface area contributed by atoms with Crippen molar-refractivity contribution in [1.29, 1.82) is 0 Å². The summed E-state index contributed by atoms with van der Waals surface area (Å²) >= 11 is 3.58. The van der Waals surface area contributed by atoms with Crippen LogP contribution in [0.3, 0.4) is 0 Å². The molecule has 2 aromatic heterocycles. The topological polar surface area (TPSA) is 4.41 Å². The largest absolute Gasteiger partial charge is 0.320 e. The molecular formula is C10H10BrN. The molecule has 0 atom stereocenters. The van der Waals surface area contributed by atoms with Crippen molar-refractivity contribution in [1.82, 2.24) is 4.40 Å². The van der Waals surface area contributed by atoms with Crippen molar-refractivity contribution in [2.75, 3.05) is 0 Å². The Morgan fingerprint density at radius 1 is 1.25 bits per heavy atom. The monoisotopic (exact) mass is 223 g/mol. The zero-order chi connectivity index (χ0) is 8.72. The smallest absolute Gasteiger partial charge is 0.0597 e. The molecule has 2 rings (SSSR count). The van der Waals surface area contributed by atoms with Gasteiger partial charge in [0.1, 0.15) is 0 Å². The second-order valence-corrected chi connectivity index (χ2v) is 3.77. The summed E-state index contributed by atoms with van der Waals surface area (Å²) in [6.45, 7) is 4.26. The first-order valence-corrected chi connectivity index (χ1v) is 4.73. The maximum Gasteiger partial charge on any atom is 0.0597 e. The van der Waals surface area contributed by atoms with Gasteiger partial charge in [-0.05, 0) is 47.5 Å². The van der Waals surface area contributed by atoms with Gasteiger partial charge in [-0.15, -0.1) is 0 Å². The fraction of sp³-hybridized carbons (Fsp3) is 0.200. The molecule has 0 bridgehead atoms. The maximum absolute atomic E-state index is 3.58. The van der Waals surface area contributed by atoms with E-state index in [9.17, 15) is 0 Å². The molecule has 0 aliphatic carbocycles. The van der Waals surface area contributed by atoms with Crippen molar-refractivity contribution in [2.24, 2.45) is 0 Å². The molecule has 0 fully saturated rings. The van der Waals surface area contributed by atoms with Gasteiger partial charge in [0.2, 0.25) is 0 Å². The highest BCUT2D eigenvalue weighted by Crippen LogP contribution is 2.27. The normalized spacial score (nSPS) is 10.9. The molecule has 0 saturated heterocycles. The quantitative estimate of drug-likeness (QED) is 0.646. The summed E-state index contributed by atoms with van der Waals surface area (Å²) in [6.07, 6.45) is 2.09. The van der Waals surface area contributed by atoms with Gasteiger partial charge in [-0.3, -0.25) is 0 Å². The average molecular weight is 224 g/mol. The van der Waals surface area contributed by atoms with Gasteiger partial charge in [-0.1, -0.05) is 6.07 Å². The molecule has 0 unspecified atom stereocenters. The lowest BCUT2D eigenvalue weighted by Gasteiger charge is -1.95. The highest BCUT2D eigenvalue weighted by molar-refractivity contribution is 9.10. The minimum atomic E-state index is 1.21. The average Bonchev–Trinajstić information content (AvgIpc) is 2.33. The van der Waals surface area contributed by atoms with Crippen LogP contribution in [0.2, 0.25) is 0 Å². The van der Waals surface area contributed by atoms with Gasteiger partial charge in [0.15, 0.2) is 0 Å². The molecule has 0 saturated carbocycles. The van der Waals surface area contributed by atoms with Crippen molar-refractivity contribution in [3.05, 3.63) is 40.1 Å². The van der Waals surface area contributed by atoms with Gasteiger partial charge in [-0.25, -0.2) is 0 Å². The minimum absolute atomic E-state index is 1.21. The number of aryl methyl sites for hydroxylation is 1. The SMILES string of the molecule is Cc1c(Br)c2ccccn2c1C. The predicted octanol–water partition coefficient (Wildman–Crippen LogP) is 3.32. The summed E-state index contributed by atoms with van der Waals surface area (Å²) in [7, 11) is 0. The number of hydrogen-bond donors (Lipinski definition) is 0. The van der Waals surface area contributed by atoms with E-state index in [-0.39, 0.29) is 0 Å². The Morgan fingerprint density at radius 2 is 2.00 bits per heavy atom. The fourth-order valence-corrected chi connectivity index (χ4v) is 2.06. The van der Waals surface area contributed by atoms with E-state index in [1.165, 1.54) is 21.2 Å². The van der Waals surface area contributed by atoms with Gasteiger partial charge < -0.3 is 4.40 Å². The van der Waals surface area contributed by atoms with Gasteiger partial charge in [-0.2, -0.15) is 0 Å². The number of nitrogens with zero attached hydrogens (tertiary/aromatic N) is 1. The highest BCUT2D eigenvalue weighted by atomic mass is 79.9. The summed E-state index contributed by atoms with van der Waals surface area (Å²) in [5, 5.41) is 0. The number of fused-ring (bicyclic) bond motifs is 1. The molecule has 62 valence electrons. The molecule has 1 nitrogen and oxygen atoms in total. The first-order chi connectivity index (χ1) is 5.72. The van der Waals surface area contributed by atoms with Crippen LogP contribution >= 0.6 is 15.9 Å². The van der Waals surface area contributed by atoms with E-state index in [2.05, 4.69) is 52.5 Å². The third-order valence-electron chi connectivity index (χ3n) is 2.32. The molecule has 0 N–H and O–H groups in total. The van der Waals surface area contributed by atoms with Crippen LogP contribution in [-0.4, -0.2) is 4.40 Å². The number of aromatic nitrogens is 1. The summed E-state index contributed by atoms with van der Waals surface area (Å²) in [6, 6.07) is 6.22. The Labute approximate surface area is 80.1 Å². The highest BCUT2D eigenvalue weighted by Gasteiger charge is 2.07. The van der Waals surface area contributed by atoms with Crippen LogP contribution in [-0.2, 0) is 0 Å². The Morgan fingerprint density at radius 3 is 2.67 bits per heavy atom. The van der Waals surface area contributed by atoms with Crippen LogP contribution in [0.1, 0.15) is 11.3 Å². The molecule has 0 amide bonds. The molecule has 2 heteroatoms. The first-order valence-electron chi connectivity index (χ1n) is 3.93. The van der Waals surface area contributed by atoms with Crippen molar-refractivity contribution < 1.29 is 0 Å². The number of halogens is 1. The fourth-order valence-electron chi connectivity index (χ4n) is 1.45. The van der Waals surface area contributed by atoms with Gasteiger partial charge in [0.25, 0.3) is 0 Å². The van der Waals surface area contributed by atoms with Crippen LogP contribution in [0, 0.1) is 13.8 Å². The standard InChI is InChI=1S/C10H10BrN/c1-7-8(2)12-6-4-3-5-9(12)10(7)11/h3-6H,1-2H3. The molecule has 0 aliphatic heterocycles. The molecule has 2 aromatic rings. The number of pyridine rings is 1. The van der Waals surface area contributed by atoms with E-state index in [1.54, 1.807) is 0 Å². The van der Waals surface area contributed by atoms with Crippen LogP contribution in [0.4, 0.5) is 0 Å². The second kappa shape index (κ2) is 2.63. The van der Waals surface area contributed by atoms with E-state index in [1.807, 2.05) is 6.07 Å². The lowest BCUT2D eigenvalue weighted by atomic mass is 10.3. The van der Waals surface area contributed by atoms with Gasteiger partial charge in [0, 0.05) is 16.4 Å². The molecule has 12 heavy (non-hydrogen) atoms. The Hall–Kier alpha value is -0.760. The lowest BCUT2D eigenvalue weighted by molar-refractivity contribution is 1.09. The van der Waals surface area contributed by atoms with Crippen LogP contribution in [0.25, 0.3) is 5.52 Å². The summed E-state index contributed by atoms with van der Waals surface area (Å²) in [4.78, 5) is 0. The van der Waals surface area contributed by atoms with Gasteiger partial charge in [0.05, 0.1) is 5.52 Å². The van der Waals surface area contributed by atoms with E-state index >= 15 is 0 Å². The second-order valence-electron chi connectivity index (χ2n) is 2.98. The van der Waals surface area contributed by atoms with Crippen LogP contribution < -0.4 is 0 Å². The Kier molecular flexibility index (Phi) is 1.72. The third kappa shape index (κ3) is 0.911. The first kappa shape index (κ1) is 7.87. The summed E-state index contributed by atoms with van der Waals surface area (Å²) in [5.74, 6) is 0. The summed E-state index contributed by atoms with van der Waals surface area (Å²) in [5.41, 5.74) is 3.87. The molecule has 0 radical (unpaired) electrons. The zero-order valence-corrected chi connectivity index (χ0v) is 8.72. The van der Waals surface area contributed by atoms with E-state index in [4.69, 9.17) is 0 Å². The Balaban J connectivity index is 2.99. The zero-order valence-electron chi connectivity index (χ0n) is 7.13. The summed E-state index contributed by atoms with van der Waals surface area (Å²) < 4.78 is 3.40. The van der Waals surface area contributed by atoms with Crippen LogP contribution in [0.5, 0.6) is 0 Å². The van der Waals surface area contributed by atoms with E-state index < -0.39 is 0 Å². The molecular weight excluding hydrogens is 214 g/mol. The lowest BCUT2D eigenvalue weighted by Crippen LogP contribution is -1.84. The number of hydrogen-bond acceptors (Lipinski definition) is 0. The molecule has 0 aliphatic rings. The van der Waals surface area contributed by atoms with Crippen molar-refractivity contribution in [3.63, 3.8) is 0 Å². The van der Waals surface area contributed by atoms with Gasteiger partial charge >= 0.3 is 0 Å². The van der Waals surface area contributed by atoms with Crippen molar-refractivity contribution >= 4 is 21.4 Å². The minimum Gasteiger partial charge on any atom is -0.320 e. The van der Waals surface area contributed by atoms with E-state index in [0.29, 0.717) is 0 Å². The van der Waals surface area contributed by atoms with E-state index in [0.717, 1.165) is 0 Å². The number of rotatable bonds is 0. The third-order valence-corrected chi connectivity index (χ3v) is 3.32. The van der Waals surface area contributed by atoms with Crippen LogP contribution in [0.15, 0.2) is 28.9 Å². The predicted molar refractivity (Wildman–Crippen MR) is 54.6 cm³/mol. The maximum atomic E-state index is 3.58. The molecule has 0 aromatic carbocycles.